The van der Waals surface area contributed by atoms with Crippen LogP contribution in [0, 0.1) is 0 Å². The summed E-state index contributed by atoms with van der Waals surface area (Å²) in [5.41, 5.74) is 4.23. The second-order valence-corrected chi connectivity index (χ2v) is 9.42. The molecule has 5 rings (SSSR count). The molecule has 2 atom stereocenters. The summed E-state index contributed by atoms with van der Waals surface area (Å²) in [6, 6.07) is 11.7. The van der Waals surface area contributed by atoms with E-state index in [0.29, 0.717) is 23.5 Å². The second-order valence-electron chi connectivity index (χ2n) is 8.28. The normalized spacial score (nSPS) is 22.8. The topological polar surface area (TPSA) is 34.2 Å². The van der Waals surface area contributed by atoms with Crippen LogP contribution >= 0.6 is 11.8 Å². The maximum Gasteiger partial charge on any atom is 0.203 e. The summed E-state index contributed by atoms with van der Waals surface area (Å²) in [7, 11) is 5.03. The third-order valence-corrected chi connectivity index (χ3v) is 7.89. The van der Waals surface area contributed by atoms with Crippen molar-refractivity contribution in [3.63, 3.8) is 0 Å². The number of likely N-dealkylation sites (tertiary alicyclic amines) is 1. The SMILES string of the molecule is COc1ccc(CN2CCC3C(C2)c2cccc4c2N3CCCS4)c(OC)c1OC. The fraction of sp³-hybridized carbons (Fsp3) is 0.500. The molecular formula is C24H30N2O3S. The van der Waals surface area contributed by atoms with E-state index in [1.807, 2.05) is 17.8 Å². The molecule has 3 aliphatic heterocycles. The molecule has 0 bridgehead atoms. The third kappa shape index (κ3) is 3.21. The molecule has 160 valence electrons. The van der Waals surface area contributed by atoms with Crippen molar-refractivity contribution >= 4 is 17.4 Å². The van der Waals surface area contributed by atoms with Gasteiger partial charge in [0.1, 0.15) is 0 Å². The number of hydrogen-bond acceptors (Lipinski definition) is 6. The van der Waals surface area contributed by atoms with Gasteiger partial charge in [-0.3, -0.25) is 4.90 Å². The zero-order valence-electron chi connectivity index (χ0n) is 18.0. The van der Waals surface area contributed by atoms with E-state index in [1.54, 1.807) is 26.9 Å². The summed E-state index contributed by atoms with van der Waals surface area (Å²) >= 11 is 2.03. The van der Waals surface area contributed by atoms with Crippen LogP contribution in [0.1, 0.15) is 29.9 Å². The van der Waals surface area contributed by atoms with Gasteiger partial charge in [-0.2, -0.15) is 0 Å². The largest absolute Gasteiger partial charge is 0.493 e. The summed E-state index contributed by atoms with van der Waals surface area (Å²) in [5.74, 6) is 3.97. The minimum absolute atomic E-state index is 0.582. The van der Waals surface area contributed by atoms with Gasteiger partial charge in [-0.1, -0.05) is 18.2 Å². The number of methoxy groups -OCH3 is 3. The molecule has 6 heteroatoms. The number of benzene rings is 2. The van der Waals surface area contributed by atoms with Crippen LogP contribution in [0.15, 0.2) is 35.2 Å². The highest BCUT2D eigenvalue weighted by molar-refractivity contribution is 7.99. The third-order valence-electron chi connectivity index (χ3n) is 6.76. The Hall–Kier alpha value is -2.05. The molecule has 0 spiro atoms. The van der Waals surface area contributed by atoms with Crippen LogP contribution < -0.4 is 19.1 Å². The molecule has 0 N–H and O–H groups in total. The van der Waals surface area contributed by atoms with Crippen molar-refractivity contribution in [1.82, 2.24) is 4.90 Å². The van der Waals surface area contributed by atoms with Gasteiger partial charge in [0, 0.05) is 48.6 Å². The van der Waals surface area contributed by atoms with Gasteiger partial charge in [0.25, 0.3) is 0 Å². The summed E-state index contributed by atoms with van der Waals surface area (Å²) < 4.78 is 16.8. The van der Waals surface area contributed by atoms with Crippen molar-refractivity contribution in [1.29, 1.82) is 0 Å². The van der Waals surface area contributed by atoms with Crippen molar-refractivity contribution in [2.75, 3.05) is 51.6 Å². The lowest BCUT2D eigenvalue weighted by atomic mass is 9.89. The van der Waals surface area contributed by atoms with Crippen LogP contribution in [0.4, 0.5) is 5.69 Å². The van der Waals surface area contributed by atoms with E-state index in [4.69, 9.17) is 14.2 Å². The molecule has 1 fully saturated rings. The van der Waals surface area contributed by atoms with Gasteiger partial charge < -0.3 is 19.1 Å². The van der Waals surface area contributed by atoms with E-state index in [2.05, 4.69) is 34.1 Å². The zero-order chi connectivity index (χ0) is 20.7. The lowest BCUT2D eigenvalue weighted by molar-refractivity contribution is 0.183. The molecule has 2 aromatic carbocycles. The second kappa shape index (κ2) is 8.23. The number of hydrogen-bond donors (Lipinski definition) is 0. The first-order valence-corrected chi connectivity index (χ1v) is 11.8. The van der Waals surface area contributed by atoms with Gasteiger partial charge in [-0.25, -0.2) is 0 Å². The number of fused-ring (bicyclic) bond motifs is 3. The first-order chi connectivity index (χ1) is 14.7. The van der Waals surface area contributed by atoms with Crippen LogP contribution in [0.3, 0.4) is 0 Å². The first-order valence-electron chi connectivity index (χ1n) is 10.8. The predicted octanol–water partition coefficient (Wildman–Crippen LogP) is 4.39. The lowest BCUT2D eigenvalue weighted by Crippen LogP contribution is -2.46. The first kappa shape index (κ1) is 19.9. The number of ether oxygens (including phenoxy) is 3. The van der Waals surface area contributed by atoms with Crippen LogP contribution in [-0.2, 0) is 6.54 Å². The molecule has 3 heterocycles. The number of nitrogens with zero attached hydrogens (tertiary/aromatic N) is 2. The number of anilines is 1. The molecule has 5 nitrogen and oxygen atoms in total. The average Bonchev–Trinajstić information content (AvgIpc) is 2.93. The van der Waals surface area contributed by atoms with Crippen molar-refractivity contribution in [3.8, 4) is 17.2 Å². The van der Waals surface area contributed by atoms with Crippen molar-refractivity contribution in [2.45, 2.75) is 36.2 Å². The quantitative estimate of drug-likeness (QED) is 0.706. The number of rotatable bonds is 5. The highest BCUT2D eigenvalue weighted by atomic mass is 32.2. The van der Waals surface area contributed by atoms with Crippen molar-refractivity contribution in [2.24, 2.45) is 0 Å². The Labute approximate surface area is 183 Å². The standard InChI is InChI=1S/C24H30N2O3S/c1-27-20-9-8-16(23(28-2)24(20)29-3)14-25-12-10-19-18(15-25)17-6-4-7-21-22(17)26(19)11-5-13-30-21/h4,6-9,18-19H,5,10-15H2,1-3H3. The van der Waals surface area contributed by atoms with Gasteiger partial charge in [-0.05, 0) is 36.3 Å². The predicted molar refractivity (Wildman–Crippen MR) is 122 cm³/mol. The average molecular weight is 427 g/mol. The molecule has 0 aromatic heterocycles. The van der Waals surface area contributed by atoms with E-state index in [1.165, 1.54) is 35.7 Å². The Bertz CT molecular complexity index is 935. The highest BCUT2D eigenvalue weighted by Crippen LogP contribution is 2.50. The monoisotopic (exact) mass is 426 g/mol. The van der Waals surface area contributed by atoms with E-state index in [9.17, 15) is 0 Å². The fourth-order valence-corrected chi connectivity index (χ4v) is 6.52. The molecule has 3 aliphatic rings. The Balaban J connectivity index is 1.41. The van der Waals surface area contributed by atoms with E-state index in [0.717, 1.165) is 30.9 Å². The summed E-state index contributed by atoms with van der Waals surface area (Å²) in [4.78, 5) is 6.78. The minimum Gasteiger partial charge on any atom is -0.493 e. The summed E-state index contributed by atoms with van der Waals surface area (Å²) in [5, 5.41) is 0. The van der Waals surface area contributed by atoms with Crippen LogP contribution in [0.2, 0.25) is 0 Å². The van der Waals surface area contributed by atoms with Gasteiger partial charge >= 0.3 is 0 Å². The maximum atomic E-state index is 5.72. The maximum absolute atomic E-state index is 5.72. The fourth-order valence-electron chi connectivity index (χ4n) is 5.48. The molecule has 1 saturated heterocycles. The molecule has 0 amide bonds. The number of thioether (sulfide) groups is 1. The minimum atomic E-state index is 0.582. The Kier molecular flexibility index (Phi) is 5.46. The van der Waals surface area contributed by atoms with E-state index in [-0.39, 0.29) is 0 Å². The highest BCUT2D eigenvalue weighted by Gasteiger charge is 2.43. The van der Waals surface area contributed by atoms with Gasteiger partial charge in [0.05, 0.1) is 27.0 Å². The van der Waals surface area contributed by atoms with Crippen LogP contribution in [-0.4, -0.2) is 57.7 Å². The van der Waals surface area contributed by atoms with E-state index >= 15 is 0 Å². The zero-order valence-corrected chi connectivity index (χ0v) is 18.8. The summed E-state index contributed by atoms with van der Waals surface area (Å²) in [6.07, 6.45) is 2.48. The lowest BCUT2D eigenvalue weighted by Gasteiger charge is -2.39. The molecule has 2 aromatic rings. The van der Waals surface area contributed by atoms with E-state index < -0.39 is 0 Å². The molecule has 0 radical (unpaired) electrons. The van der Waals surface area contributed by atoms with Crippen molar-refractivity contribution in [3.05, 3.63) is 41.5 Å². The van der Waals surface area contributed by atoms with Gasteiger partial charge in [-0.15, -0.1) is 11.8 Å². The molecular weight excluding hydrogens is 396 g/mol. The van der Waals surface area contributed by atoms with Gasteiger partial charge in [0.15, 0.2) is 11.5 Å². The Morgan fingerprint density at radius 1 is 1.00 bits per heavy atom. The Morgan fingerprint density at radius 3 is 2.67 bits per heavy atom. The van der Waals surface area contributed by atoms with Gasteiger partial charge in [0.2, 0.25) is 5.75 Å². The molecule has 0 aliphatic carbocycles. The smallest absolute Gasteiger partial charge is 0.203 e. The molecule has 2 unspecified atom stereocenters. The molecule has 0 saturated carbocycles. The number of para-hydroxylation sites is 1. The van der Waals surface area contributed by atoms with Crippen molar-refractivity contribution < 1.29 is 14.2 Å². The van der Waals surface area contributed by atoms with Crippen LogP contribution in [0.5, 0.6) is 17.2 Å². The Morgan fingerprint density at radius 2 is 1.87 bits per heavy atom. The summed E-state index contributed by atoms with van der Waals surface area (Å²) in [6.45, 7) is 4.24. The number of piperidine rings is 1. The molecule has 30 heavy (non-hydrogen) atoms. The van der Waals surface area contributed by atoms with Crippen LogP contribution in [0.25, 0.3) is 0 Å².